The second-order valence-corrected chi connectivity index (χ2v) is 13.0. The van der Waals surface area contributed by atoms with Gasteiger partial charge in [0.05, 0.1) is 24.3 Å². The molecule has 0 heterocycles. The van der Waals surface area contributed by atoms with Crippen molar-refractivity contribution in [3.8, 4) is 11.5 Å². The molecule has 0 aliphatic rings. The summed E-state index contributed by atoms with van der Waals surface area (Å²) in [6.07, 6.45) is 1.81. The molecule has 0 saturated heterocycles. The van der Waals surface area contributed by atoms with Gasteiger partial charge in [0.1, 0.15) is 29.9 Å². The minimum Gasteiger partial charge on any atom is -0.497 e. The van der Waals surface area contributed by atoms with Crippen molar-refractivity contribution in [2.24, 2.45) is 0 Å². The first-order chi connectivity index (χ1) is 23.2. The fourth-order valence-corrected chi connectivity index (χ4v) is 6.58. The van der Waals surface area contributed by atoms with E-state index in [1.54, 1.807) is 18.2 Å². The van der Waals surface area contributed by atoms with Crippen molar-refractivity contribution in [3.63, 3.8) is 0 Å². The van der Waals surface area contributed by atoms with Gasteiger partial charge in [0.25, 0.3) is 10.0 Å². The maximum absolute atomic E-state index is 14.6. The van der Waals surface area contributed by atoms with Crippen LogP contribution < -0.4 is 19.1 Å². The van der Waals surface area contributed by atoms with Crippen LogP contribution in [0.3, 0.4) is 0 Å². The Kier molecular flexibility index (Phi) is 13.0. The maximum atomic E-state index is 14.6. The Labute approximate surface area is 282 Å². The third kappa shape index (κ3) is 9.57. The summed E-state index contributed by atoms with van der Waals surface area (Å²) in [6.45, 7) is 4.00. The van der Waals surface area contributed by atoms with Crippen molar-refractivity contribution in [1.82, 2.24) is 10.2 Å². The molecule has 11 heteroatoms. The van der Waals surface area contributed by atoms with Crippen LogP contribution in [0, 0.1) is 5.82 Å². The van der Waals surface area contributed by atoms with E-state index in [9.17, 15) is 22.4 Å². The highest BCUT2D eigenvalue weighted by Crippen LogP contribution is 2.27. The topological polar surface area (TPSA) is 105 Å². The van der Waals surface area contributed by atoms with E-state index in [1.165, 1.54) is 48.4 Å². The summed E-state index contributed by atoms with van der Waals surface area (Å²) in [7, 11) is -2.81. The van der Waals surface area contributed by atoms with Gasteiger partial charge in [-0.25, -0.2) is 12.8 Å². The molecule has 1 N–H and O–H groups in total. The molecule has 1 atom stereocenters. The first kappa shape index (κ1) is 35.9. The second-order valence-electron chi connectivity index (χ2n) is 11.1. The van der Waals surface area contributed by atoms with Crippen molar-refractivity contribution in [1.29, 1.82) is 0 Å². The minimum absolute atomic E-state index is 0.00487. The van der Waals surface area contributed by atoms with E-state index in [0.717, 1.165) is 34.8 Å². The standard InChI is InChI=1S/C37H42FN3O6S/c1-4-6-23-39-37(43)35(25-28-11-8-7-9-12-28)40(26-29-13-10-14-33(24-29)46-3)36(42)27-41(31-17-15-30(38)16-18-31)48(44,45)34-21-19-32(20-22-34)47-5-2/h7-22,24,35H,4-6,23,25-27H2,1-3H3,(H,39,43). The molecule has 0 aliphatic carbocycles. The Balaban J connectivity index is 1.79. The molecular formula is C37H42FN3O6S. The summed E-state index contributed by atoms with van der Waals surface area (Å²) in [4.78, 5) is 29.7. The summed E-state index contributed by atoms with van der Waals surface area (Å²) in [5.41, 5.74) is 1.60. The van der Waals surface area contributed by atoms with Crippen LogP contribution in [0.5, 0.6) is 11.5 Å². The average molecular weight is 676 g/mol. The number of sulfonamides is 1. The van der Waals surface area contributed by atoms with Crippen molar-refractivity contribution in [2.45, 2.75) is 50.6 Å². The van der Waals surface area contributed by atoms with Gasteiger partial charge in [0, 0.05) is 19.5 Å². The third-order valence-electron chi connectivity index (χ3n) is 7.70. The quantitative estimate of drug-likeness (QED) is 0.138. The zero-order chi connectivity index (χ0) is 34.5. The number of hydrogen-bond acceptors (Lipinski definition) is 6. The predicted molar refractivity (Wildman–Crippen MR) is 184 cm³/mol. The number of ether oxygens (including phenoxy) is 2. The Bertz CT molecular complexity index is 1740. The number of unbranched alkanes of at least 4 members (excludes halogenated alkanes) is 1. The van der Waals surface area contributed by atoms with Crippen LogP contribution in [-0.4, -0.2) is 58.0 Å². The molecule has 2 amide bonds. The lowest BCUT2D eigenvalue weighted by Crippen LogP contribution is -2.53. The normalized spacial score (nSPS) is 11.8. The van der Waals surface area contributed by atoms with E-state index in [-0.39, 0.29) is 29.5 Å². The molecule has 4 aromatic rings. The minimum atomic E-state index is -4.35. The number of rotatable bonds is 17. The highest BCUT2D eigenvalue weighted by Gasteiger charge is 2.34. The Morgan fingerprint density at radius 1 is 0.854 bits per heavy atom. The van der Waals surface area contributed by atoms with E-state index in [2.05, 4.69) is 5.32 Å². The number of anilines is 1. The number of hydrogen-bond donors (Lipinski definition) is 1. The van der Waals surface area contributed by atoms with Crippen molar-refractivity contribution >= 4 is 27.5 Å². The predicted octanol–water partition coefficient (Wildman–Crippen LogP) is 5.98. The van der Waals surface area contributed by atoms with Gasteiger partial charge in [-0.3, -0.25) is 13.9 Å². The maximum Gasteiger partial charge on any atom is 0.264 e. The molecule has 9 nitrogen and oxygen atoms in total. The summed E-state index contributed by atoms with van der Waals surface area (Å²) >= 11 is 0. The Morgan fingerprint density at radius 2 is 1.54 bits per heavy atom. The molecule has 0 fully saturated rings. The van der Waals surface area contributed by atoms with Crippen LogP contribution in [0.15, 0.2) is 108 Å². The van der Waals surface area contributed by atoms with Crippen LogP contribution in [-0.2, 0) is 32.6 Å². The lowest BCUT2D eigenvalue weighted by molar-refractivity contribution is -0.140. The van der Waals surface area contributed by atoms with E-state index in [1.807, 2.05) is 50.2 Å². The van der Waals surface area contributed by atoms with E-state index < -0.39 is 34.3 Å². The molecule has 1 unspecified atom stereocenters. The lowest BCUT2D eigenvalue weighted by atomic mass is 10.0. The zero-order valence-corrected chi connectivity index (χ0v) is 28.3. The molecular weight excluding hydrogens is 633 g/mol. The molecule has 0 spiro atoms. The second kappa shape index (κ2) is 17.3. The van der Waals surface area contributed by atoms with Crippen LogP contribution >= 0.6 is 0 Å². The van der Waals surface area contributed by atoms with Crippen molar-refractivity contribution in [3.05, 3.63) is 120 Å². The Morgan fingerprint density at radius 3 is 2.19 bits per heavy atom. The van der Waals surface area contributed by atoms with Crippen LogP contribution in [0.25, 0.3) is 0 Å². The number of carbonyl (C=O) groups is 2. The molecule has 0 saturated carbocycles. The Hall–Kier alpha value is -4.90. The van der Waals surface area contributed by atoms with Crippen LogP contribution in [0.1, 0.15) is 37.8 Å². The van der Waals surface area contributed by atoms with E-state index >= 15 is 0 Å². The van der Waals surface area contributed by atoms with Gasteiger partial charge < -0.3 is 19.7 Å². The molecule has 0 radical (unpaired) electrons. The molecule has 254 valence electrons. The van der Waals surface area contributed by atoms with Gasteiger partial charge in [0.15, 0.2) is 0 Å². The molecule has 4 rings (SSSR count). The fraction of sp³-hybridized carbons (Fsp3) is 0.297. The molecule has 0 bridgehead atoms. The lowest BCUT2D eigenvalue weighted by Gasteiger charge is -2.34. The number of carbonyl (C=O) groups excluding carboxylic acids is 2. The first-order valence-electron chi connectivity index (χ1n) is 15.9. The summed E-state index contributed by atoms with van der Waals surface area (Å²) < 4.78 is 54.2. The largest absolute Gasteiger partial charge is 0.497 e. The number of nitrogens with zero attached hydrogens (tertiary/aromatic N) is 2. The van der Waals surface area contributed by atoms with Gasteiger partial charge in [-0.15, -0.1) is 0 Å². The highest BCUT2D eigenvalue weighted by atomic mass is 32.2. The van der Waals surface area contributed by atoms with Gasteiger partial charge in [0.2, 0.25) is 11.8 Å². The van der Waals surface area contributed by atoms with Crippen LogP contribution in [0.2, 0.25) is 0 Å². The van der Waals surface area contributed by atoms with E-state index in [0.29, 0.717) is 30.2 Å². The molecule has 48 heavy (non-hydrogen) atoms. The number of benzene rings is 4. The van der Waals surface area contributed by atoms with Crippen molar-refractivity contribution in [2.75, 3.05) is 31.1 Å². The van der Waals surface area contributed by atoms with Gasteiger partial charge >= 0.3 is 0 Å². The first-order valence-corrected chi connectivity index (χ1v) is 17.4. The smallest absolute Gasteiger partial charge is 0.264 e. The summed E-state index contributed by atoms with van der Waals surface area (Å²) in [5, 5.41) is 2.97. The van der Waals surface area contributed by atoms with Gasteiger partial charge in [-0.1, -0.05) is 55.8 Å². The number of amides is 2. The third-order valence-corrected chi connectivity index (χ3v) is 9.49. The number of halogens is 1. The highest BCUT2D eigenvalue weighted by molar-refractivity contribution is 7.92. The SMILES string of the molecule is CCCCNC(=O)C(Cc1ccccc1)N(Cc1cccc(OC)c1)C(=O)CN(c1ccc(F)cc1)S(=O)(=O)c1ccc(OCC)cc1. The monoisotopic (exact) mass is 675 g/mol. The van der Waals surface area contributed by atoms with Crippen LogP contribution in [0.4, 0.5) is 10.1 Å². The van der Waals surface area contributed by atoms with E-state index in [4.69, 9.17) is 9.47 Å². The molecule has 0 aliphatic heterocycles. The zero-order valence-electron chi connectivity index (χ0n) is 27.5. The average Bonchev–Trinajstić information content (AvgIpc) is 3.10. The number of methoxy groups -OCH3 is 1. The van der Waals surface area contributed by atoms with Gasteiger partial charge in [-0.2, -0.15) is 0 Å². The van der Waals surface area contributed by atoms with Crippen molar-refractivity contribution < 1.29 is 31.9 Å². The molecule has 4 aromatic carbocycles. The van der Waals surface area contributed by atoms with Gasteiger partial charge in [-0.05, 0) is 85.1 Å². The summed E-state index contributed by atoms with van der Waals surface area (Å²) in [6, 6.07) is 26.2. The number of nitrogens with one attached hydrogen (secondary N) is 1. The molecule has 0 aromatic heterocycles. The fourth-order valence-electron chi connectivity index (χ4n) is 5.17. The summed E-state index contributed by atoms with van der Waals surface area (Å²) in [5.74, 6) is -0.481.